The third-order valence-electron chi connectivity index (χ3n) is 5.18. The molecule has 1 N–H and O–H groups in total. The third-order valence-corrected chi connectivity index (χ3v) is 6.46. The maximum absolute atomic E-state index is 12.8. The van der Waals surface area contributed by atoms with E-state index in [2.05, 4.69) is 19.2 Å². The topological polar surface area (TPSA) is 64.6 Å². The Morgan fingerprint density at radius 3 is 2.39 bits per heavy atom. The number of esters is 1. The molecule has 0 bridgehead atoms. The summed E-state index contributed by atoms with van der Waals surface area (Å²) in [5.41, 5.74) is 4.26. The van der Waals surface area contributed by atoms with Crippen molar-refractivity contribution in [3.63, 3.8) is 0 Å². The van der Waals surface area contributed by atoms with E-state index < -0.39 is 5.97 Å². The Balaban J connectivity index is 1.81. The minimum Gasteiger partial charge on any atom is -0.484 e. The van der Waals surface area contributed by atoms with Crippen LogP contribution in [0.1, 0.15) is 53.1 Å². The lowest BCUT2D eigenvalue weighted by atomic mass is 9.98. The molecule has 33 heavy (non-hydrogen) atoms. The largest absolute Gasteiger partial charge is 0.484 e. The molecule has 0 aliphatic carbocycles. The number of hydrogen-bond donors (Lipinski definition) is 1. The molecular formula is C26H28ClNO4S. The SMILES string of the molecule is CCOC(=O)c1c(NC(=O)COc2ccc(C(C)C)c(C)c2)sc(C)c1-c1ccc(Cl)cc1. The van der Waals surface area contributed by atoms with Gasteiger partial charge < -0.3 is 14.8 Å². The van der Waals surface area contributed by atoms with Crippen LogP contribution in [0.15, 0.2) is 42.5 Å². The van der Waals surface area contributed by atoms with E-state index in [-0.39, 0.29) is 19.1 Å². The Morgan fingerprint density at radius 1 is 1.09 bits per heavy atom. The fourth-order valence-corrected chi connectivity index (χ4v) is 4.90. The summed E-state index contributed by atoms with van der Waals surface area (Å²) >= 11 is 7.35. The standard InChI is InChI=1S/C26H28ClNO4S/c1-6-31-26(30)24-23(18-7-9-19(27)10-8-18)17(5)33-25(24)28-22(29)14-32-20-11-12-21(15(2)3)16(4)13-20/h7-13,15H,6,14H2,1-5H3,(H,28,29). The number of nitrogens with one attached hydrogen (secondary N) is 1. The van der Waals surface area contributed by atoms with Crippen LogP contribution in [0.2, 0.25) is 5.02 Å². The van der Waals surface area contributed by atoms with Gasteiger partial charge in [0, 0.05) is 15.5 Å². The summed E-state index contributed by atoms with van der Waals surface area (Å²) in [7, 11) is 0. The van der Waals surface area contributed by atoms with E-state index in [1.165, 1.54) is 16.9 Å². The molecule has 0 atom stereocenters. The maximum Gasteiger partial charge on any atom is 0.341 e. The molecule has 0 aliphatic rings. The average molecular weight is 486 g/mol. The normalized spacial score (nSPS) is 10.9. The van der Waals surface area contributed by atoms with E-state index >= 15 is 0 Å². The van der Waals surface area contributed by atoms with Crippen molar-refractivity contribution in [2.45, 2.75) is 40.5 Å². The molecule has 5 nitrogen and oxygen atoms in total. The molecule has 0 fully saturated rings. The summed E-state index contributed by atoms with van der Waals surface area (Å²) in [5.74, 6) is 0.209. The number of carbonyl (C=O) groups excluding carboxylic acids is 2. The van der Waals surface area contributed by atoms with Gasteiger partial charge in [0.15, 0.2) is 6.61 Å². The lowest BCUT2D eigenvalue weighted by Gasteiger charge is -2.13. The minimum absolute atomic E-state index is 0.171. The van der Waals surface area contributed by atoms with Gasteiger partial charge in [0.2, 0.25) is 0 Å². The van der Waals surface area contributed by atoms with Crippen molar-refractivity contribution in [1.29, 1.82) is 0 Å². The van der Waals surface area contributed by atoms with Crippen molar-refractivity contribution in [3.8, 4) is 16.9 Å². The van der Waals surface area contributed by atoms with Gasteiger partial charge in [0.05, 0.1) is 6.61 Å². The quantitative estimate of drug-likeness (QED) is 0.349. The first-order chi connectivity index (χ1) is 15.7. The van der Waals surface area contributed by atoms with Gasteiger partial charge in [-0.25, -0.2) is 4.79 Å². The molecular weight excluding hydrogens is 458 g/mol. The van der Waals surface area contributed by atoms with E-state index in [0.29, 0.717) is 27.3 Å². The summed E-state index contributed by atoms with van der Waals surface area (Å²) < 4.78 is 11.0. The number of aryl methyl sites for hydroxylation is 2. The zero-order valence-electron chi connectivity index (χ0n) is 19.5. The van der Waals surface area contributed by atoms with Crippen LogP contribution in [-0.2, 0) is 9.53 Å². The molecule has 2 aromatic carbocycles. The van der Waals surface area contributed by atoms with Crippen LogP contribution in [0.3, 0.4) is 0 Å². The van der Waals surface area contributed by atoms with E-state index in [9.17, 15) is 9.59 Å². The van der Waals surface area contributed by atoms with Crippen LogP contribution in [0, 0.1) is 13.8 Å². The summed E-state index contributed by atoms with van der Waals surface area (Å²) in [6.07, 6.45) is 0. The van der Waals surface area contributed by atoms with E-state index in [1.54, 1.807) is 19.1 Å². The van der Waals surface area contributed by atoms with Crippen LogP contribution in [-0.4, -0.2) is 25.1 Å². The first kappa shape index (κ1) is 24.8. The number of halogens is 1. The molecule has 1 amide bonds. The number of ether oxygens (including phenoxy) is 2. The lowest BCUT2D eigenvalue weighted by molar-refractivity contribution is -0.118. The second kappa shape index (κ2) is 10.9. The summed E-state index contributed by atoms with van der Waals surface area (Å²) in [4.78, 5) is 26.4. The minimum atomic E-state index is -0.483. The molecule has 0 saturated carbocycles. The summed E-state index contributed by atoms with van der Waals surface area (Å²) in [5, 5.41) is 3.88. The lowest BCUT2D eigenvalue weighted by Crippen LogP contribution is -2.21. The van der Waals surface area contributed by atoms with Gasteiger partial charge in [0.25, 0.3) is 5.91 Å². The molecule has 3 aromatic rings. The van der Waals surface area contributed by atoms with Gasteiger partial charge in [-0.05, 0) is 67.6 Å². The summed E-state index contributed by atoms with van der Waals surface area (Å²) in [6, 6.07) is 13.0. The van der Waals surface area contributed by atoms with Crippen molar-refractivity contribution in [2.24, 2.45) is 0 Å². The van der Waals surface area contributed by atoms with Crippen LogP contribution in [0.5, 0.6) is 5.75 Å². The van der Waals surface area contributed by atoms with Gasteiger partial charge in [0.1, 0.15) is 16.3 Å². The number of thiophene rings is 1. The fourth-order valence-electron chi connectivity index (χ4n) is 3.69. The molecule has 0 radical (unpaired) electrons. The first-order valence-corrected chi connectivity index (χ1v) is 12.0. The van der Waals surface area contributed by atoms with Crippen molar-refractivity contribution < 1.29 is 19.1 Å². The third kappa shape index (κ3) is 5.95. The molecule has 0 spiro atoms. The first-order valence-electron chi connectivity index (χ1n) is 10.8. The average Bonchev–Trinajstić information content (AvgIpc) is 3.08. The smallest absolute Gasteiger partial charge is 0.341 e. The molecule has 0 aliphatic heterocycles. The molecule has 174 valence electrons. The highest BCUT2D eigenvalue weighted by Gasteiger charge is 2.25. The second-order valence-corrected chi connectivity index (χ2v) is 9.64. The highest BCUT2D eigenvalue weighted by molar-refractivity contribution is 7.17. The van der Waals surface area contributed by atoms with Crippen LogP contribution in [0.25, 0.3) is 11.1 Å². The highest BCUT2D eigenvalue weighted by Crippen LogP contribution is 2.40. The van der Waals surface area contributed by atoms with Gasteiger partial charge in [-0.3, -0.25) is 4.79 Å². The second-order valence-electron chi connectivity index (χ2n) is 7.97. The molecule has 0 saturated heterocycles. The predicted molar refractivity (Wildman–Crippen MR) is 135 cm³/mol. The van der Waals surface area contributed by atoms with E-state index in [4.69, 9.17) is 21.1 Å². The van der Waals surface area contributed by atoms with Crippen LogP contribution in [0.4, 0.5) is 5.00 Å². The molecule has 1 aromatic heterocycles. The van der Waals surface area contributed by atoms with Crippen LogP contribution < -0.4 is 10.1 Å². The molecule has 3 rings (SSSR count). The number of rotatable bonds is 8. The highest BCUT2D eigenvalue weighted by atomic mass is 35.5. The Bertz CT molecular complexity index is 1150. The van der Waals surface area contributed by atoms with E-state index in [1.807, 2.05) is 44.2 Å². The van der Waals surface area contributed by atoms with Gasteiger partial charge >= 0.3 is 5.97 Å². The van der Waals surface area contributed by atoms with Gasteiger partial charge in [-0.15, -0.1) is 11.3 Å². The van der Waals surface area contributed by atoms with Gasteiger partial charge in [-0.1, -0.05) is 43.6 Å². The number of hydrogen-bond acceptors (Lipinski definition) is 5. The fraction of sp³-hybridized carbons (Fsp3) is 0.308. The number of amides is 1. The zero-order chi connectivity index (χ0) is 24.1. The Kier molecular flexibility index (Phi) is 8.16. The summed E-state index contributed by atoms with van der Waals surface area (Å²) in [6.45, 7) is 10.0. The maximum atomic E-state index is 12.8. The number of carbonyl (C=O) groups is 2. The van der Waals surface area contributed by atoms with Crippen LogP contribution >= 0.6 is 22.9 Å². The molecule has 0 unspecified atom stereocenters. The van der Waals surface area contributed by atoms with Crippen molar-refractivity contribution in [2.75, 3.05) is 18.5 Å². The van der Waals surface area contributed by atoms with Crippen molar-refractivity contribution in [3.05, 3.63) is 69.1 Å². The Hall–Kier alpha value is -2.83. The van der Waals surface area contributed by atoms with Gasteiger partial charge in [-0.2, -0.15) is 0 Å². The Morgan fingerprint density at radius 2 is 1.79 bits per heavy atom. The van der Waals surface area contributed by atoms with E-state index in [0.717, 1.165) is 21.6 Å². The Labute approximate surface area is 203 Å². The molecule has 7 heteroatoms. The number of anilines is 1. The predicted octanol–water partition coefficient (Wildman–Crippen LogP) is 7.00. The molecule has 1 heterocycles. The monoisotopic (exact) mass is 485 g/mol. The number of benzene rings is 2. The van der Waals surface area contributed by atoms with Crippen molar-refractivity contribution in [1.82, 2.24) is 0 Å². The van der Waals surface area contributed by atoms with Crippen molar-refractivity contribution >= 4 is 39.8 Å². The zero-order valence-corrected chi connectivity index (χ0v) is 21.0.